The predicted octanol–water partition coefficient (Wildman–Crippen LogP) is 4.81. The Kier molecular flexibility index (Phi) is 4.37. The summed E-state index contributed by atoms with van der Waals surface area (Å²) in [5.41, 5.74) is 2.11. The summed E-state index contributed by atoms with van der Waals surface area (Å²) in [7, 11) is -3.65. The fourth-order valence-electron chi connectivity index (χ4n) is 2.27. The summed E-state index contributed by atoms with van der Waals surface area (Å²) in [6.45, 7) is 0. The second kappa shape index (κ2) is 6.44. The highest BCUT2D eigenvalue weighted by Crippen LogP contribution is 2.32. The molecule has 0 aliphatic rings. The van der Waals surface area contributed by atoms with E-state index in [0.29, 0.717) is 10.7 Å². The predicted molar refractivity (Wildman–Crippen MR) is 94.1 cm³/mol. The zero-order valence-corrected chi connectivity index (χ0v) is 13.7. The minimum Gasteiger partial charge on any atom is -0.279 e. The Labute approximate surface area is 140 Å². The number of hydrogen-bond acceptors (Lipinski definition) is 2. The van der Waals surface area contributed by atoms with Crippen molar-refractivity contribution in [2.75, 3.05) is 4.72 Å². The van der Waals surface area contributed by atoms with Gasteiger partial charge in [0.25, 0.3) is 10.0 Å². The summed E-state index contributed by atoms with van der Waals surface area (Å²) in [6, 6.07) is 22.9. The summed E-state index contributed by atoms with van der Waals surface area (Å²) in [5.74, 6) is 0. The van der Waals surface area contributed by atoms with Crippen LogP contribution in [0.15, 0.2) is 83.8 Å². The van der Waals surface area contributed by atoms with E-state index >= 15 is 0 Å². The Morgan fingerprint density at radius 1 is 0.783 bits per heavy atom. The molecule has 0 heterocycles. The van der Waals surface area contributed by atoms with Gasteiger partial charge < -0.3 is 0 Å². The molecule has 0 unspecified atom stereocenters. The fraction of sp³-hybridized carbons (Fsp3) is 0. The molecule has 0 aromatic heterocycles. The van der Waals surface area contributed by atoms with Crippen LogP contribution in [-0.2, 0) is 10.0 Å². The van der Waals surface area contributed by atoms with Crippen LogP contribution >= 0.6 is 11.6 Å². The van der Waals surface area contributed by atoms with E-state index in [1.807, 2.05) is 30.3 Å². The normalized spacial score (nSPS) is 11.2. The lowest BCUT2D eigenvalue weighted by Gasteiger charge is -2.13. The second-order valence-corrected chi connectivity index (χ2v) is 7.09. The molecule has 0 aliphatic carbocycles. The zero-order chi connectivity index (χ0) is 16.3. The van der Waals surface area contributed by atoms with Crippen molar-refractivity contribution < 1.29 is 8.42 Å². The molecule has 116 valence electrons. The van der Waals surface area contributed by atoms with E-state index in [4.69, 9.17) is 11.6 Å². The molecule has 0 atom stereocenters. The van der Waals surface area contributed by atoms with E-state index in [1.165, 1.54) is 0 Å². The largest absolute Gasteiger partial charge is 0.279 e. The van der Waals surface area contributed by atoms with Crippen LogP contribution in [0.4, 0.5) is 5.69 Å². The van der Waals surface area contributed by atoms with Crippen molar-refractivity contribution in [2.24, 2.45) is 0 Å². The van der Waals surface area contributed by atoms with Crippen molar-refractivity contribution in [3.63, 3.8) is 0 Å². The number of nitrogens with one attached hydrogen (secondary N) is 1. The highest BCUT2D eigenvalue weighted by atomic mass is 35.5. The topological polar surface area (TPSA) is 46.2 Å². The Morgan fingerprint density at radius 3 is 2.04 bits per heavy atom. The number of rotatable bonds is 4. The maximum absolute atomic E-state index is 12.5. The third-order valence-electron chi connectivity index (χ3n) is 3.36. The first-order valence-electron chi connectivity index (χ1n) is 6.99. The van der Waals surface area contributed by atoms with Crippen molar-refractivity contribution in [3.8, 4) is 11.1 Å². The van der Waals surface area contributed by atoms with Crippen LogP contribution < -0.4 is 4.72 Å². The van der Waals surface area contributed by atoms with E-state index in [9.17, 15) is 8.42 Å². The molecule has 5 heteroatoms. The second-order valence-electron chi connectivity index (χ2n) is 4.97. The minimum atomic E-state index is -3.65. The molecule has 0 fully saturated rings. The first-order chi connectivity index (χ1) is 11.1. The smallest absolute Gasteiger partial charge is 0.261 e. The van der Waals surface area contributed by atoms with Gasteiger partial charge in [0.2, 0.25) is 0 Å². The lowest BCUT2D eigenvalue weighted by Crippen LogP contribution is -2.13. The summed E-state index contributed by atoms with van der Waals surface area (Å²) in [4.78, 5) is 0.217. The summed E-state index contributed by atoms with van der Waals surface area (Å²) < 4.78 is 27.7. The van der Waals surface area contributed by atoms with Crippen LogP contribution in [0, 0.1) is 0 Å². The molecular weight excluding hydrogens is 330 g/mol. The van der Waals surface area contributed by atoms with E-state index in [0.717, 1.165) is 11.1 Å². The monoisotopic (exact) mass is 343 g/mol. The molecule has 3 aromatic carbocycles. The molecule has 0 spiro atoms. The van der Waals surface area contributed by atoms with Gasteiger partial charge in [-0.25, -0.2) is 8.42 Å². The standard InChI is InChI=1S/C18H14ClNO2S/c19-15-11-12-18(17(13-15)14-7-3-1-4-8-14)20-23(21,22)16-9-5-2-6-10-16/h1-13,20H. The van der Waals surface area contributed by atoms with Crippen molar-refractivity contribution in [3.05, 3.63) is 83.9 Å². The van der Waals surface area contributed by atoms with Gasteiger partial charge in [-0.2, -0.15) is 0 Å². The van der Waals surface area contributed by atoms with E-state index < -0.39 is 10.0 Å². The Bertz CT molecular complexity index is 910. The SMILES string of the molecule is O=S(=O)(Nc1ccc(Cl)cc1-c1ccccc1)c1ccccc1. The zero-order valence-electron chi connectivity index (χ0n) is 12.1. The molecule has 0 saturated carbocycles. The molecule has 3 nitrogen and oxygen atoms in total. The van der Waals surface area contributed by atoms with Crippen LogP contribution in [0.2, 0.25) is 5.02 Å². The maximum atomic E-state index is 12.5. The van der Waals surface area contributed by atoms with Gasteiger partial charge in [0, 0.05) is 10.6 Å². The third kappa shape index (κ3) is 3.55. The van der Waals surface area contributed by atoms with Crippen LogP contribution in [0.3, 0.4) is 0 Å². The number of hydrogen-bond donors (Lipinski definition) is 1. The quantitative estimate of drug-likeness (QED) is 0.739. The molecule has 3 aromatic rings. The molecule has 0 bridgehead atoms. The van der Waals surface area contributed by atoms with Gasteiger partial charge in [-0.1, -0.05) is 60.1 Å². The van der Waals surface area contributed by atoms with Crippen LogP contribution in [0.5, 0.6) is 0 Å². The van der Waals surface area contributed by atoms with Crippen molar-refractivity contribution in [1.82, 2.24) is 0 Å². The molecule has 0 aliphatic heterocycles. The van der Waals surface area contributed by atoms with Crippen LogP contribution in [0.1, 0.15) is 0 Å². The van der Waals surface area contributed by atoms with Crippen molar-refractivity contribution >= 4 is 27.3 Å². The van der Waals surface area contributed by atoms with Gasteiger partial charge in [-0.05, 0) is 35.9 Å². The van der Waals surface area contributed by atoms with Gasteiger partial charge in [0.15, 0.2) is 0 Å². The Balaban J connectivity index is 2.05. The fourth-order valence-corrected chi connectivity index (χ4v) is 3.54. The molecular formula is C18H14ClNO2S. The number of halogens is 1. The third-order valence-corrected chi connectivity index (χ3v) is 4.98. The van der Waals surface area contributed by atoms with Gasteiger partial charge in [0.1, 0.15) is 0 Å². The molecule has 1 N–H and O–H groups in total. The first kappa shape index (κ1) is 15.6. The van der Waals surface area contributed by atoms with E-state index in [1.54, 1.807) is 48.5 Å². The van der Waals surface area contributed by atoms with Gasteiger partial charge in [-0.15, -0.1) is 0 Å². The Hall–Kier alpha value is -2.30. The summed E-state index contributed by atoms with van der Waals surface area (Å²) in [5, 5.41) is 0.548. The molecule has 0 radical (unpaired) electrons. The summed E-state index contributed by atoms with van der Waals surface area (Å²) in [6.07, 6.45) is 0. The maximum Gasteiger partial charge on any atom is 0.261 e. The van der Waals surface area contributed by atoms with Gasteiger partial charge in [0.05, 0.1) is 10.6 Å². The highest BCUT2D eigenvalue weighted by Gasteiger charge is 2.16. The molecule has 0 saturated heterocycles. The van der Waals surface area contributed by atoms with Gasteiger partial charge >= 0.3 is 0 Å². The van der Waals surface area contributed by atoms with Crippen LogP contribution in [0.25, 0.3) is 11.1 Å². The lowest BCUT2D eigenvalue weighted by atomic mass is 10.0. The first-order valence-corrected chi connectivity index (χ1v) is 8.85. The van der Waals surface area contributed by atoms with Gasteiger partial charge in [-0.3, -0.25) is 4.72 Å². The average molecular weight is 344 g/mol. The van der Waals surface area contributed by atoms with Crippen molar-refractivity contribution in [1.29, 1.82) is 0 Å². The molecule has 3 rings (SSSR count). The van der Waals surface area contributed by atoms with E-state index in [2.05, 4.69) is 4.72 Å². The number of sulfonamides is 1. The molecule has 23 heavy (non-hydrogen) atoms. The number of anilines is 1. The minimum absolute atomic E-state index is 0.217. The average Bonchev–Trinajstić information content (AvgIpc) is 2.58. The molecule has 0 amide bonds. The van der Waals surface area contributed by atoms with E-state index in [-0.39, 0.29) is 4.90 Å². The Morgan fingerprint density at radius 2 is 1.39 bits per heavy atom. The number of benzene rings is 3. The summed E-state index contributed by atoms with van der Waals surface area (Å²) >= 11 is 6.08. The lowest BCUT2D eigenvalue weighted by molar-refractivity contribution is 0.601. The van der Waals surface area contributed by atoms with Crippen LogP contribution in [-0.4, -0.2) is 8.42 Å². The van der Waals surface area contributed by atoms with Crippen molar-refractivity contribution in [2.45, 2.75) is 4.90 Å². The highest BCUT2D eigenvalue weighted by molar-refractivity contribution is 7.92.